The summed E-state index contributed by atoms with van der Waals surface area (Å²) in [4.78, 5) is 18.3. The van der Waals surface area contributed by atoms with Crippen molar-refractivity contribution in [2.75, 3.05) is 26.2 Å². The highest BCUT2D eigenvalue weighted by molar-refractivity contribution is 5.99. The molecule has 4 heteroatoms. The fourth-order valence-electron chi connectivity index (χ4n) is 5.45. The predicted octanol–water partition coefficient (Wildman–Crippen LogP) is 3.82. The van der Waals surface area contributed by atoms with E-state index in [2.05, 4.69) is 45.6 Å². The minimum Gasteiger partial charge on any atom is -0.340 e. The fourth-order valence-corrected chi connectivity index (χ4v) is 5.45. The number of rotatable bonds is 3. The number of aryl methyl sites for hydroxylation is 2. The number of hydrogen-bond acceptors (Lipinski definition) is 2. The van der Waals surface area contributed by atoms with Gasteiger partial charge in [0, 0.05) is 50.2 Å². The highest BCUT2D eigenvalue weighted by Gasteiger charge is 2.38. The zero-order chi connectivity index (χ0) is 18.5. The van der Waals surface area contributed by atoms with Crippen LogP contribution in [0.4, 0.5) is 0 Å². The van der Waals surface area contributed by atoms with Gasteiger partial charge in [0.2, 0.25) is 0 Å². The van der Waals surface area contributed by atoms with Crippen LogP contribution < -0.4 is 0 Å². The second kappa shape index (κ2) is 6.66. The highest BCUT2D eigenvalue weighted by atomic mass is 16.2. The third-order valence-corrected chi connectivity index (χ3v) is 7.36. The third-order valence-electron chi connectivity index (χ3n) is 7.36. The predicted molar refractivity (Wildman–Crippen MR) is 109 cm³/mol. The minimum absolute atomic E-state index is 0.218. The van der Waals surface area contributed by atoms with E-state index < -0.39 is 0 Å². The monoisotopic (exact) mass is 365 g/mol. The van der Waals surface area contributed by atoms with Crippen LogP contribution in [-0.4, -0.2) is 52.5 Å². The standard InChI is InChI=1S/C23H31N3O/c1-16-5-3-8-21-20(16)11-22(24(21)2)23(27)26-14-18-9-10-19(15-26)25(13-18)12-17-6-4-7-17/h3,5,8,11,17-19H,4,6-7,9-10,12-15H2,1-2H3/t18-,19-/m0/s1. The molecule has 0 radical (unpaired) electrons. The van der Waals surface area contributed by atoms with Gasteiger partial charge in [0.1, 0.15) is 5.69 Å². The lowest BCUT2D eigenvalue weighted by Crippen LogP contribution is -2.47. The van der Waals surface area contributed by atoms with Crippen molar-refractivity contribution >= 4 is 16.8 Å². The van der Waals surface area contributed by atoms with E-state index in [1.54, 1.807) is 0 Å². The Kier molecular flexibility index (Phi) is 4.27. The molecule has 1 amide bonds. The van der Waals surface area contributed by atoms with Crippen LogP contribution in [0.25, 0.3) is 10.9 Å². The van der Waals surface area contributed by atoms with Crippen molar-refractivity contribution < 1.29 is 4.79 Å². The van der Waals surface area contributed by atoms with Gasteiger partial charge in [-0.25, -0.2) is 0 Å². The second-order valence-corrected chi connectivity index (χ2v) is 9.15. The molecule has 4 heterocycles. The molecule has 6 rings (SSSR count). The van der Waals surface area contributed by atoms with Crippen LogP contribution in [0.5, 0.6) is 0 Å². The Morgan fingerprint density at radius 3 is 2.70 bits per heavy atom. The molecular formula is C23H31N3O. The van der Waals surface area contributed by atoms with Gasteiger partial charge < -0.3 is 9.47 Å². The van der Waals surface area contributed by atoms with Gasteiger partial charge in [-0.05, 0) is 62.1 Å². The first kappa shape index (κ1) is 17.3. The maximum Gasteiger partial charge on any atom is 0.270 e. The van der Waals surface area contributed by atoms with E-state index in [0.717, 1.165) is 30.2 Å². The van der Waals surface area contributed by atoms with Gasteiger partial charge in [-0.3, -0.25) is 9.69 Å². The molecule has 0 unspecified atom stereocenters. The first-order valence-corrected chi connectivity index (χ1v) is 10.7. The number of hydrogen-bond donors (Lipinski definition) is 0. The summed E-state index contributed by atoms with van der Waals surface area (Å²) in [5, 5.41) is 1.20. The Labute approximate surface area is 162 Å². The number of benzene rings is 1. The highest BCUT2D eigenvalue weighted by Crippen LogP contribution is 2.34. The molecule has 27 heavy (non-hydrogen) atoms. The first-order valence-electron chi connectivity index (χ1n) is 10.7. The van der Waals surface area contributed by atoms with Gasteiger partial charge in [-0.2, -0.15) is 0 Å². The Bertz CT molecular complexity index is 866. The second-order valence-electron chi connectivity index (χ2n) is 9.15. The summed E-state index contributed by atoms with van der Waals surface area (Å²) in [6, 6.07) is 8.99. The average molecular weight is 366 g/mol. The van der Waals surface area contributed by atoms with Gasteiger partial charge in [0.05, 0.1) is 0 Å². The summed E-state index contributed by atoms with van der Waals surface area (Å²) in [5.41, 5.74) is 3.23. The van der Waals surface area contributed by atoms with Crippen molar-refractivity contribution in [3.8, 4) is 0 Å². The molecule has 4 aliphatic rings. The van der Waals surface area contributed by atoms with E-state index in [9.17, 15) is 4.79 Å². The summed E-state index contributed by atoms with van der Waals surface area (Å²) in [6.45, 7) is 6.41. The minimum atomic E-state index is 0.218. The Morgan fingerprint density at radius 1 is 1.11 bits per heavy atom. The molecule has 144 valence electrons. The lowest BCUT2D eigenvalue weighted by molar-refractivity contribution is 0.0709. The van der Waals surface area contributed by atoms with Gasteiger partial charge in [0.25, 0.3) is 5.91 Å². The van der Waals surface area contributed by atoms with Crippen molar-refractivity contribution in [1.82, 2.24) is 14.4 Å². The van der Waals surface area contributed by atoms with Crippen LogP contribution in [0, 0.1) is 18.8 Å². The van der Waals surface area contributed by atoms with Gasteiger partial charge >= 0.3 is 0 Å². The van der Waals surface area contributed by atoms with Gasteiger partial charge in [0.15, 0.2) is 0 Å². The zero-order valence-electron chi connectivity index (χ0n) is 16.7. The van der Waals surface area contributed by atoms with Crippen molar-refractivity contribution in [1.29, 1.82) is 0 Å². The number of nitrogens with zero attached hydrogens (tertiary/aromatic N) is 3. The normalized spacial score (nSPS) is 26.4. The molecule has 3 aliphatic heterocycles. The van der Waals surface area contributed by atoms with E-state index >= 15 is 0 Å². The molecule has 2 bridgehead atoms. The number of carbonyl (C=O) groups excluding carboxylic acids is 1. The van der Waals surface area contributed by atoms with Crippen molar-refractivity contribution in [2.24, 2.45) is 18.9 Å². The lowest BCUT2D eigenvalue weighted by Gasteiger charge is -2.40. The SMILES string of the molecule is Cc1cccc2c1cc(C(=O)N1C[C@H]3CC[C@@H](C1)N(CC1CCC1)C3)n2C. The van der Waals surface area contributed by atoms with Crippen LogP contribution in [0.15, 0.2) is 24.3 Å². The molecule has 1 aliphatic carbocycles. The Balaban J connectivity index is 1.39. The van der Waals surface area contributed by atoms with Gasteiger partial charge in [-0.1, -0.05) is 18.6 Å². The summed E-state index contributed by atoms with van der Waals surface area (Å²) in [7, 11) is 2.03. The number of fused-ring (bicyclic) bond motifs is 5. The summed E-state index contributed by atoms with van der Waals surface area (Å²) < 4.78 is 2.09. The van der Waals surface area contributed by atoms with Crippen molar-refractivity contribution in [3.05, 3.63) is 35.5 Å². The summed E-state index contributed by atoms with van der Waals surface area (Å²) in [5.74, 6) is 1.77. The van der Waals surface area contributed by atoms with Crippen LogP contribution in [0.1, 0.15) is 48.2 Å². The van der Waals surface area contributed by atoms with Crippen LogP contribution >= 0.6 is 0 Å². The van der Waals surface area contributed by atoms with E-state index in [0.29, 0.717) is 12.0 Å². The molecular weight excluding hydrogens is 334 g/mol. The molecule has 4 nitrogen and oxygen atoms in total. The van der Waals surface area contributed by atoms with Crippen LogP contribution in [0.3, 0.4) is 0 Å². The lowest BCUT2D eigenvalue weighted by atomic mass is 9.83. The molecule has 2 atom stereocenters. The topological polar surface area (TPSA) is 28.5 Å². The average Bonchev–Trinajstić information content (AvgIpc) is 2.78. The fraction of sp³-hybridized carbons (Fsp3) is 0.609. The molecule has 0 spiro atoms. The molecule has 0 N–H and O–H groups in total. The molecule has 2 aromatic rings. The van der Waals surface area contributed by atoms with Gasteiger partial charge in [-0.15, -0.1) is 0 Å². The van der Waals surface area contributed by atoms with Crippen LogP contribution in [-0.2, 0) is 7.05 Å². The number of piperidine rings is 1. The van der Waals surface area contributed by atoms with E-state index in [1.165, 1.54) is 56.1 Å². The molecule has 1 saturated carbocycles. The number of amides is 1. The van der Waals surface area contributed by atoms with E-state index in [1.807, 2.05) is 7.05 Å². The largest absolute Gasteiger partial charge is 0.340 e. The maximum atomic E-state index is 13.5. The zero-order valence-corrected chi connectivity index (χ0v) is 16.7. The van der Waals surface area contributed by atoms with Crippen LogP contribution in [0.2, 0.25) is 0 Å². The molecule has 4 fully saturated rings. The van der Waals surface area contributed by atoms with Crippen molar-refractivity contribution in [3.63, 3.8) is 0 Å². The first-order chi connectivity index (χ1) is 13.1. The quantitative estimate of drug-likeness (QED) is 0.827. The smallest absolute Gasteiger partial charge is 0.270 e. The molecule has 3 saturated heterocycles. The third kappa shape index (κ3) is 2.98. The summed E-state index contributed by atoms with van der Waals surface area (Å²) >= 11 is 0. The number of aromatic nitrogens is 1. The summed E-state index contributed by atoms with van der Waals surface area (Å²) in [6.07, 6.45) is 6.77. The van der Waals surface area contributed by atoms with E-state index in [-0.39, 0.29) is 5.91 Å². The number of carbonyl (C=O) groups is 1. The maximum absolute atomic E-state index is 13.5. The Hall–Kier alpha value is -1.81. The molecule has 1 aromatic carbocycles. The van der Waals surface area contributed by atoms with Crippen molar-refractivity contribution in [2.45, 2.75) is 45.1 Å². The molecule has 1 aromatic heterocycles. The Morgan fingerprint density at radius 2 is 1.96 bits per heavy atom. The van der Waals surface area contributed by atoms with E-state index in [4.69, 9.17) is 0 Å².